The second-order valence-electron chi connectivity index (χ2n) is 4.34. The molecule has 6 heteroatoms. The number of amides is 1. The molecule has 0 fully saturated rings. The minimum Gasteiger partial charge on any atom is -0.455 e. The van der Waals surface area contributed by atoms with Gasteiger partial charge >= 0.3 is 5.97 Å². The van der Waals surface area contributed by atoms with E-state index >= 15 is 0 Å². The zero-order chi connectivity index (χ0) is 15.1. The van der Waals surface area contributed by atoms with E-state index in [9.17, 15) is 9.59 Å². The van der Waals surface area contributed by atoms with Crippen LogP contribution in [-0.2, 0) is 27.3 Å². The van der Waals surface area contributed by atoms with Gasteiger partial charge in [-0.05, 0) is 34.0 Å². The van der Waals surface area contributed by atoms with Crippen LogP contribution in [0.3, 0.4) is 0 Å². The highest BCUT2D eigenvalue weighted by molar-refractivity contribution is 7.07. The average molecular weight is 324 g/mol. The Morgan fingerprint density at radius 3 is 2.76 bits per heavy atom. The fourth-order valence-corrected chi connectivity index (χ4v) is 2.51. The van der Waals surface area contributed by atoms with Gasteiger partial charge in [-0.1, -0.05) is 29.8 Å². The molecule has 1 aromatic carbocycles. The summed E-state index contributed by atoms with van der Waals surface area (Å²) in [5, 5.41) is 7.01. The van der Waals surface area contributed by atoms with Crippen LogP contribution in [0.2, 0.25) is 5.02 Å². The van der Waals surface area contributed by atoms with E-state index in [-0.39, 0.29) is 18.9 Å². The van der Waals surface area contributed by atoms with E-state index in [4.69, 9.17) is 16.3 Å². The summed E-state index contributed by atoms with van der Waals surface area (Å²) in [5.41, 5.74) is 1.71. The van der Waals surface area contributed by atoms with Gasteiger partial charge < -0.3 is 10.1 Å². The Balaban J connectivity index is 1.70. The van der Waals surface area contributed by atoms with Crippen LogP contribution in [0, 0.1) is 0 Å². The fourth-order valence-electron chi connectivity index (χ4n) is 1.64. The van der Waals surface area contributed by atoms with E-state index in [0.717, 1.165) is 11.1 Å². The standard InChI is InChI=1S/C15H14ClNO3S/c16-13-4-2-1-3-12(13)8-17-14(18)9-20-15(19)7-11-5-6-21-10-11/h1-6,10H,7-9H2,(H,17,18). The third-order valence-electron chi connectivity index (χ3n) is 2.73. The summed E-state index contributed by atoms with van der Waals surface area (Å²) in [6, 6.07) is 9.09. The zero-order valence-electron chi connectivity index (χ0n) is 11.2. The molecule has 0 bridgehead atoms. The number of benzene rings is 1. The normalized spacial score (nSPS) is 10.1. The van der Waals surface area contributed by atoms with Crippen molar-refractivity contribution in [3.63, 3.8) is 0 Å². The molecule has 0 saturated carbocycles. The average Bonchev–Trinajstić information content (AvgIpc) is 2.97. The molecule has 1 aromatic heterocycles. The summed E-state index contributed by atoms with van der Waals surface area (Å²) in [6.45, 7) is 0.0218. The number of hydrogen-bond acceptors (Lipinski definition) is 4. The number of nitrogens with one attached hydrogen (secondary N) is 1. The van der Waals surface area contributed by atoms with Gasteiger partial charge in [0.15, 0.2) is 6.61 Å². The second kappa shape index (κ2) is 7.81. The van der Waals surface area contributed by atoms with Crippen molar-refractivity contribution in [1.29, 1.82) is 0 Å². The molecule has 0 unspecified atom stereocenters. The van der Waals surface area contributed by atoms with Gasteiger partial charge in [-0.3, -0.25) is 9.59 Å². The predicted molar refractivity (Wildman–Crippen MR) is 82.3 cm³/mol. The van der Waals surface area contributed by atoms with Crippen LogP contribution < -0.4 is 5.32 Å². The molecule has 21 heavy (non-hydrogen) atoms. The number of carbonyl (C=O) groups excluding carboxylic acids is 2. The maximum Gasteiger partial charge on any atom is 0.310 e. The number of rotatable bonds is 6. The SMILES string of the molecule is O=C(COC(=O)Cc1ccsc1)NCc1ccccc1Cl. The lowest BCUT2D eigenvalue weighted by molar-refractivity contribution is -0.147. The molecule has 0 atom stereocenters. The van der Waals surface area contributed by atoms with Crippen molar-refractivity contribution in [2.75, 3.05) is 6.61 Å². The molecule has 1 N–H and O–H groups in total. The molecule has 0 saturated heterocycles. The number of esters is 1. The maximum atomic E-state index is 11.6. The Morgan fingerprint density at radius 2 is 2.05 bits per heavy atom. The number of hydrogen-bond donors (Lipinski definition) is 1. The van der Waals surface area contributed by atoms with Crippen LogP contribution in [-0.4, -0.2) is 18.5 Å². The number of ether oxygens (including phenoxy) is 1. The smallest absolute Gasteiger partial charge is 0.310 e. The van der Waals surface area contributed by atoms with Gasteiger partial charge in [0, 0.05) is 11.6 Å². The number of halogens is 1. The van der Waals surface area contributed by atoms with Crippen molar-refractivity contribution >= 4 is 34.8 Å². The van der Waals surface area contributed by atoms with Crippen molar-refractivity contribution in [1.82, 2.24) is 5.32 Å². The number of carbonyl (C=O) groups is 2. The second-order valence-corrected chi connectivity index (χ2v) is 5.52. The molecule has 0 spiro atoms. The monoisotopic (exact) mass is 323 g/mol. The van der Waals surface area contributed by atoms with Crippen molar-refractivity contribution in [3.05, 3.63) is 57.2 Å². The zero-order valence-corrected chi connectivity index (χ0v) is 12.7. The molecule has 1 amide bonds. The van der Waals surface area contributed by atoms with Crippen LogP contribution in [0.1, 0.15) is 11.1 Å². The Hall–Kier alpha value is -1.85. The highest BCUT2D eigenvalue weighted by Gasteiger charge is 2.09. The van der Waals surface area contributed by atoms with Crippen molar-refractivity contribution in [3.8, 4) is 0 Å². The van der Waals surface area contributed by atoms with Crippen LogP contribution in [0.15, 0.2) is 41.1 Å². The molecule has 0 radical (unpaired) electrons. The topological polar surface area (TPSA) is 55.4 Å². The summed E-state index contributed by atoms with van der Waals surface area (Å²) in [4.78, 5) is 23.1. The molecule has 2 rings (SSSR count). The van der Waals surface area contributed by atoms with Crippen molar-refractivity contribution in [2.24, 2.45) is 0 Å². The number of thiophene rings is 1. The molecular weight excluding hydrogens is 310 g/mol. The minimum atomic E-state index is -0.415. The van der Waals surface area contributed by atoms with E-state index in [1.165, 1.54) is 11.3 Å². The van der Waals surface area contributed by atoms with Gasteiger partial charge in [0.1, 0.15) is 0 Å². The van der Waals surface area contributed by atoms with Gasteiger partial charge in [-0.15, -0.1) is 0 Å². The highest BCUT2D eigenvalue weighted by atomic mass is 35.5. The van der Waals surface area contributed by atoms with E-state index in [2.05, 4.69) is 5.32 Å². The Morgan fingerprint density at radius 1 is 1.24 bits per heavy atom. The van der Waals surface area contributed by atoms with Gasteiger partial charge in [-0.2, -0.15) is 11.3 Å². The van der Waals surface area contributed by atoms with Crippen molar-refractivity contribution in [2.45, 2.75) is 13.0 Å². The van der Waals surface area contributed by atoms with Crippen LogP contribution >= 0.6 is 22.9 Å². The molecule has 4 nitrogen and oxygen atoms in total. The molecular formula is C15H14ClNO3S. The van der Waals surface area contributed by atoms with E-state index in [0.29, 0.717) is 11.6 Å². The Labute approximate surface area is 131 Å². The van der Waals surface area contributed by atoms with Gasteiger partial charge in [0.05, 0.1) is 6.42 Å². The highest BCUT2D eigenvalue weighted by Crippen LogP contribution is 2.14. The molecule has 1 heterocycles. The summed E-state index contributed by atoms with van der Waals surface area (Å²) in [5.74, 6) is -0.769. The third kappa shape index (κ3) is 5.21. The van der Waals surface area contributed by atoms with E-state index in [1.807, 2.05) is 35.0 Å². The third-order valence-corrected chi connectivity index (χ3v) is 3.83. The predicted octanol–water partition coefficient (Wildman–Crippen LogP) is 2.80. The van der Waals surface area contributed by atoms with E-state index < -0.39 is 5.97 Å². The van der Waals surface area contributed by atoms with Gasteiger partial charge in [0.25, 0.3) is 5.91 Å². The minimum absolute atomic E-state index is 0.182. The van der Waals surface area contributed by atoms with Crippen LogP contribution in [0.25, 0.3) is 0 Å². The van der Waals surface area contributed by atoms with Gasteiger partial charge in [0.2, 0.25) is 0 Å². The lowest BCUT2D eigenvalue weighted by Crippen LogP contribution is -2.28. The Bertz CT molecular complexity index is 613. The first-order valence-corrected chi connectivity index (χ1v) is 7.64. The summed E-state index contributed by atoms with van der Waals surface area (Å²) < 4.78 is 4.92. The molecule has 2 aromatic rings. The summed E-state index contributed by atoms with van der Waals surface area (Å²) >= 11 is 7.49. The molecule has 0 aliphatic carbocycles. The maximum absolute atomic E-state index is 11.6. The lowest BCUT2D eigenvalue weighted by atomic mass is 10.2. The summed E-state index contributed by atoms with van der Waals surface area (Å²) in [6.07, 6.45) is 0.182. The van der Waals surface area contributed by atoms with Crippen LogP contribution in [0.4, 0.5) is 0 Å². The van der Waals surface area contributed by atoms with Crippen LogP contribution in [0.5, 0.6) is 0 Å². The fraction of sp³-hybridized carbons (Fsp3) is 0.200. The van der Waals surface area contributed by atoms with Gasteiger partial charge in [-0.25, -0.2) is 0 Å². The van der Waals surface area contributed by atoms with Crippen molar-refractivity contribution < 1.29 is 14.3 Å². The molecule has 0 aliphatic heterocycles. The quantitative estimate of drug-likeness (QED) is 0.832. The largest absolute Gasteiger partial charge is 0.455 e. The molecule has 0 aliphatic rings. The summed E-state index contributed by atoms with van der Waals surface area (Å²) in [7, 11) is 0. The van der Waals surface area contributed by atoms with E-state index in [1.54, 1.807) is 6.07 Å². The Kier molecular flexibility index (Phi) is 5.78. The first-order valence-electron chi connectivity index (χ1n) is 6.32. The first-order chi connectivity index (χ1) is 10.1. The molecule has 110 valence electrons. The first kappa shape index (κ1) is 15.5. The lowest BCUT2D eigenvalue weighted by Gasteiger charge is -2.07.